The number of aromatic nitrogens is 1. The first-order valence-corrected chi connectivity index (χ1v) is 8.56. The largest absolute Gasteiger partial charge is 0.351 e. The van der Waals surface area contributed by atoms with Crippen molar-refractivity contribution in [1.82, 2.24) is 10.3 Å². The minimum atomic E-state index is -0.321. The first-order chi connectivity index (χ1) is 11.9. The third-order valence-electron chi connectivity index (χ3n) is 3.95. The Morgan fingerprint density at radius 3 is 2.20 bits per heavy atom. The van der Waals surface area contributed by atoms with Crippen molar-refractivity contribution >= 4 is 17.5 Å². The number of hydrogen-bond donors (Lipinski definition) is 2. The van der Waals surface area contributed by atoms with Crippen LogP contribution in [0.1, 0.15) is 57.4 Å². The first-order valence-electron chi connectivity index (χ1n) is 8.56. The van der Waals surface area contributed by atoms with Gasteiger partial charge in [-0.2, -0.15) is 0 Å². The zero-order chi connectivity index (χ0) is 18.4. The molecule has 1 aromatic heterocycles. The molecule has 0 saturated heterocycles. The van der Waals surface area contributed by atoms with Crippen molar-refractivity contribution in [1.29, 1.82) is 0 Å². The van der Waals surface area contributed by atoms with E-state index in [0.717, 1.165) is 35.2 Å². The third kappa shape index (κ3) is 4.89. The topological polar surface area (TPSA) is 71.1 Å². The van der Waals surface area contributed by atoms with Gasteiger partial charge in [-0.05, 0) is 50.5 Å². The molecule has 0 atom stereocenters. The second kappa shape index (κ2) is 8.42. The Bertz CT molecular complexity index is 761. The maximum Gasteiger partial charge on any atom is 0.274 e. The molecule has 0 fully saturated rings. The number of unbranched alkanes of at least 4 members (excludes halogenated alkanes) is 1. The summed E-state index contributed by atoms with van der Waals surface area (Å²) in [5, 5.41) is 5.71. The van der Waals surface area contributed by atoms with Gasteiger partial charge in [0, 0.05) is 12.2 Å². The molecular weight excluding hydrogens is 314 g/mol. The van der Waals surface area contributed by atoms with Gasteiger partial charge in [0.25, 0.3) is 11.8 Å². The normalized spacial score (nSPS) is 10.4. The van der Waals surface area contributed by atoms with Crippen LogP contribution in [0.5, 0.6) is 0 Å². The van der Waals surface area contributed by atoms with Gasteiger partial charge >= 0.3 is 0 Å². The Morgan fingerprint density at radius 1 is 1.00 bits per heavy atom. The molecule has 2 amide bonds. The van der Waals surface area contributed by atoms with E-state index >= 15 is 0 Å². The van der Waals surface area contributed by atoms with Gasteiger partial charge < -0.3 is 10.6 Å². The van der Waals surface area contributed by atoms with Crippen LogP contribution < -0.4 is 10.6 Å². The van der Waals surface area contributed by atoms with Crippen molar-refractivity contribution in [2.75, 3.05) is 11.9 Å². The lowest BCUT2D eigenvalue weighted by atomic mass is 10.0. The number of nitrogens with one attached hydrogen (secondary N) is 2. The Morgan fingerprint density at radius 2 is 1.60 bits per heavy atom. The molecule has 25 heavy (non-hydrogen) atoms. The fourth-order valence-electron chi connectivity index (χ4n) is 2.71. The average Bonchev–Trinajstić information content (AvgIpc) is 2.58. The molecule has 1 heterocycles. The lowest BCUT2D eigenvalue weighted by molar-refractivity contribution is 0.0948. The van der Waals surface area contributed by atoms with Crippen LogP contribution in [0.4, 0.5) is 5.69 Å². The first kappa shape index (κ1) is 18.6. The number of hydrogen-bond acceptors (Lipinski definition) is 3. The second-order valence-electron chi connectivity index (χ2n) is 6.25. The number of amides is 2. The predicted octanol–water partition coefficient (Wildman–Crippen LogP) is 3.79. The van der Waals surface area contributed by atoms with E-state index in [-0.39, 0.29) is 23.2 Å². The Balaban J connectivity index is 2.15. The molecule has 2 rings (SSSR count). The standard InChI is InChI=1S/C20H25N3O2/c1-5-6-10-21-19(24)16-8-7-9-17(22-16)20(25)23-18-14(3)11-13(2)12-15(18)4/h7-9,11-12H,5-6,10H2,1-4H3,(H,21,24)(H,23,25). The van der Waals surface area contributed by atoms with E-state index < -0.39 is 0 Å². The predicted molar refractivity (Wildman–Crippen MR) is 100 cm³/mol. The van der Waals surface area contributed by atoms with Gasteiger partial charge in [-0.15, -0.1) is 0 Å². The fourth-order valence-corrected chi connectivity index (χ4v) is 2.71. The van der Waals surface area contributed by atoms with Crippen molar-refractivity contribution in [3.05, 3.63) is 58.4 Å². The maximum atomic E-state index is 12.5. The van der Waals surface area contributed by atoms with E-state index in [9.17, 15) is 9.59 Å². The molecule has 5 nitrogen and oxygen atoms in total. The summed E-state index contributed by atoms with van der Waals surface area (Å²) in [6.07, 6.45) is 1.92. The zero-order valence-electron chi connectivity index (χ0n) is 15.3. The molecule has 0 aliphatic heterocycles. The number of anilines is 1. The van der Waals surface area contributed by atoms with Crippen molar-refractivity contribution in [3.63, 3.8) is 0 Å². The number of pyridine rings is 1. The highest BCUT2D eigenvalue weighted by molar-refractivity contribution is 6.04. The molecule has 0 saturated carbocycles. The average molecular weight is 339 g/mol. The summed E-state index contributed by atoms with van der Waals surface area (Å²) in [5.74, 6) is -0.580. The summed E-state index contributed by atoms with van der Waals surface area (Å²) in [7, 11) is 0. The quantitative estimate of drug-likeness (QED) is 0.787. The molecule has 2 aromatic rings. The van der Waals surface area contributed by atoms with Gasteiger partial charge in [-0.25, -0.2) is 4.98 Å². The van der Waals surface area contributed by atoms with Crippen LogP contribution in [0.3, 0.4) is 0 Å². The fraction of sp³-hybridized carbons (Fsp3) is 0.350. The van der Waals surface area contributed by atoms with Gasteiger partial charge in [0.2, 0.25) is 0 Å². The minimum Gasteiger partial charge on any atom is -0.351 e. The number of benzene rings is 1. The molecule has 0 radical (unpaired) electrons. The van der Waals surface area contributed by atoms with Gasteiger partial charge in [0.05, 0.1) is 0 Å². The molecular formula is C20H25N3O2. The monoisotopic (exact) mass is 339 g/mol. The highest BCUT2D eigenvalue weighted by atomic mass is 16.2. The zero-order valence-corrected chi connectivity index (χ0v) is 15.3. The summed E-state index contributed by atoms with van der Waals surface area (Å²) in [6, 6.07) is 8.93. The van der Waals surface area contributed by atoms with Crippen LogP contribution in [-0.2, 0) is 0 Å². The Kier molecular flexibility index (Phi) is 6.28. The Hall–Kier alpha value is -2.69. The highest BCUT2D eigenvalue weighted by Gasteiger charge is 2.14. The molecule has 1 aromatic carbocycles. The number of rotatable bonds is 6. The Labute approximate surface area is 148 Å². The number of nitrogens with zero attached hydrogens (tertiary/aromatic N) is 1. The van der Waals surface area contributed by atoms with Crippen LogP contribution in [0.15, 0.2) is 30.3 Å². The molecule has 0 spiro atoms. The summed E-state index contributed by atoms with van der Waals surface area (Å²) in [4.78, 5) is 28.8. The number of carbonyl (C=O) groups is 2. The van der Waals surface area contributed by atoms with E-state index in [0.29, 0.717) is 6.54 Å². The van der Waals surface area contributed by atoms with E-state index in [1.54, 1.807) is 18.2 Å². The summed E-state index contributed by atoms with van der Waals surface area (Å²) in [5.41, 5.74) is 4.41. The van der Waals surface area contributed by atoms with Crippen molar-refractivity contribution in [3.8, 4) is 0 Å². The van der Waals surface area contributed by atoms with Gasteiger partial charge in [0.1, 0.15) is 11.4 Å². The summed E-state index contributed by atoms with van der Waals surface area (Å²) >= 11 is 0. The van der Waals surface area contributed by atoms with Crippen LogP contribution in [0, 0.1) is 20.8 Å². The smallest absolute Gasteiger partial charge is 0.274 e. The van der Waals surface area contributed by atoms with E-state index in [1.165, 1.54) is 0 Å². The van der Waals surface area contributed by atoms with Crippen molar-refractivity contribution < 1.29 is 9.59 Å². The molecule has 132 valence electrons. The number of aryl methyl sites for hydroxylation is 3. The van der Waals surface area contributed by atoms with E-state index in [4.69, 9.17) is 0 Å². The van der Waals surface area contributed by atoms with Gasteiger partial charge in [-0.1, -0.05) is 37.1 Å². The molecule has 5 heteroatoms. The molecule has 0 bridgehead atoms. The lowest BCUT2D eigenvalue weighted by Gasteiger charge is -2.13. The minimum absolute atomic E-state index is 0.225. The molecule has 0 aliphatic carbocycles. The van der Waals surface area contributed by atoms with Crippen molar-refractivity contribution in [2.45, 2.75) is 40.5 Å². The second-order valence-corrected chi connectivity index (χ2v) is 6.25. The van der Waals surface area contributed by atoms with E-state index in [2.05, 4.69) is 22.5 Å². The third-order valence-corrected chi connectivity index (χ3v) is 3.95. The molecule has 0 unspecified atom stereocenters. The highest BCUT2D eigenvalue weighted by Crippen LogP contribution is 2.22. The van der Waals surface area contributed by atoms with Crippen molar-refractivity contribution in [2.24, 2.45) is 0 Å². The maximum absolute atomic E-state index is 12.5. The molecule has 2 N–H and O–H groups in total. The van der Waals surface area contributed by atoms with Gasteiger partial charge in [-0.3, -0.25) is 9.59 Å². The molecule has 0 aliphatic rings. The number of carbonyl (C=O) groups excluding carboxylic acids is 2. The van der Waals surface area contributed by atoms with Crippen LogP contribution in [0.2, 0.25) is 0 Å². The van der Waals surface area contributed by atoms with Crippen LogP contribution >= 0.6 is 0 Å². The van der Waals surface area contributed by atoms with Crippen LogP contribution in [-0.4, -0.2) is 23.3 Å². The van der Waals surface area contributed by atoms with Gasteiger partial charge in [0.15, 0.2) is 0 Å². The summed E-state index contributed by atoms with van der Waals surface area (Å²) < 4.78 is 0. The lowest BCUT2D eigenvalue weighted by Crippen LogP contribution is -2.26. The summed E-state index contributed by atoms with van der Waals surface area (Å²) in [6.45, 7) is 8.61. The van der Waals surface area contributed by atoms with E-state index in [1.807, 2.05) is 32.9 Å². The van der Waals surface area contributed by atoms with Crippen LogP contribution in [0.25, 0.3) is 0 Å². The SMILES string of the molecule is CCCCNC(=O)c1cccc(C(=O)Nc2c(C)cc(C)cc2C)n1.